The Labute approximate surface area is 230 Å². The molecule has 0 spiro atoms. The van der Waals surface area contributed by atoms with Gasteiger partial charge in [-0.15, -0.1) is 0 Å². The molecule has 1 aliphatic rings. The molecule has 3 atom stereocenters. The molecular formula is C28H38ClFN2O5S. The standard InChI is InChI=1S/C28H38ClFN2O5S/c1-16-10-12-21(30)23(17(16)2)18(3)25(27(33)37-28(5,6)7)32-14-15-36-26-22(38(32,34)35)13-11-20(29)24(26)19(4)31(8)9/h10-13,18-19,25H,14-15H2,1-9H3/t18?,19?,25-/m0/s1. The number of esters is 1. The first-order valence-electron chi connectivity index (χ1n) is 12.6. The van der Waals surface area contributed by atoms with Gasteiger partial charge in [0.1, 0.15) is 34.7 Å². The predicted octanol–water partition coefficient (Wildman–Crippen LogP) is 5.62. The summed E-state index contributed by atoms with van der Waals surface area (Å²) in [5.41, 5.74) is 1.42. The van der Waals surface area contributed by atoms with Gasteiger partial charge in [0.25, 0.3) is 0 Å². The predicted molar refractivity (Wildman–Crippen MR) is 147 cm³/mol. The Morgan fingerprint density at radius 1 is 1.13 bits per heavy atom. The molecule has 0 aliphatic carbocycles. The van der Waals surface area contributed by atoms with Gasteiger partial charge in [0.05, 0.1) is 0 Å². The summed E-state index contributed by atoms with van der Waals surface area (Å²) in [6.07, 6.45) is 0. The number of rotatable bonds is 6. The van der Waals surface area contributed by atoms with Crippen molar-refractivity contribution in [3.05, 3.63) is 57.4 Å². The quantitative estimate of drug-likeness (QED) is 0.421. The van der Waals surface area contributed by atoms with Crippen LogP contribution in [-0.2, 0) is 19.6 Å². The van der Waals surface area contributed by atoms with Gasteiger partial charge in [-0.25, -0.2) is 12.8 Å². The van der Waals surface area contributed by atoms with Gasteiger partial charge < -0.3 is 14.4 Å². The van der Waals surface area contributed by atoms with Gasteiger partial charge in [-0.3, -0.25) is 4.79 Å². The third-order valence-corrected chi connectivity index (χ3v) is 9.30. The number of aryl methyl sites for hydroxylation is 1. The molecule has 1 aliphatic heterocycles. The van der Waals surface area contributed by atoms with Crippen LogP contribution in [0.25, 0.3) is 0 Å². The fraction of sp³-hybridized carbons (Fsp3) is 0.536. The highest BCUT2D eigenvalue weighted by Crippen LogP contribution is 2.43. The monoisotopic (exact) mass is 568 g/mol. The maximum Gasteiger partial charge on any atom is 0.325 e. The van der Waals surface area contributed by atoms with Gasteiger partial charge in [-0.1, -0.05) is 24.6 Å². The molecule has 10 heteroatoms. The average molecular weight is 569 g/mol. The number of ether oxygens (including phenoxy) is 2. The normalized spacial score (nSPS) is 18.2. The molecule has 0 amide bonds. The number of fused-ring (bicyclic) bond motifs is 1. The highest BCUT2D eigenvalue weighted by Gasteiger charge is 2.45. The van der Waals surface area contributed by atoms with E-state index in [-0.39, 0.29) is 35.4 Å². The summed E-state index contributed by atoms with van der Waals surface area (Å²) < 4.78 is 56.5. The highest BCUT2D eigenvalue weighted by atomic mass is 35.5. The molecule has 0 saturated carbocycles. The lowest BCUT2D eigenvalue weighted by Crippen LogP contribution is -2.50. The first-order valence-corrected chi connectivity index (χ1v) is 14.4. The van der Waals surface area contributed by atoms with Crippen molar-refractivity contribution in [3.63, 3.8) is 0 Å². The van der Waals surface area contributed by atoms with Crippen LogP contribution in [-0.4, -0.2) is 62.5 Å². The number of halogens is 2. The number of hydrogen-bond donors (Lipinski definition) is 0. The van der Waals surface area contributed by atoms with Crippen molar-refractivity contribution in [2.45, 2.75) is 77.0 Å². The van der Waals surface area contributed by atoms with Crippen LogP contribution in [0.2, 0.25) is 5.02 Å². The first kappa shape index (κ1) is 30.3. The van der Waals surface area contributed by atoms with E-state index in [2.05, 4.69) is 0 Å². The van der Waals surface area contributed by atoms with Crippen LogP contribution in [0.1, 0.15) is 68.8 Å². The maximum absolute atomic E-state index is 15.2. The second-order valence-electron chi connectivity index (χ2n) is 11.1. The summed E-state index contributed by atoms with van der Waals surface area (Å²) in [5.74, 6) is -1.96. The van der Waals surface area contributed by atoms with Gasteiger partial charge in [0.2, 0.25) is 10.0 Å². The lowest BCUT2D eigenvalue weighted by Gasteiger charge is -2.35. The molecule has 0 bridgehead atoms. The fourth-order valence-corrected chi connectivity index (χ4v) is 6.87. The molecule has 0 fully saturated rings. The zero-order valence-electron chi connectivity index (χ0n) is 23.6. The molecule has 1 heterocycles. The van der Waals surface area contributed by atoms with E-state index >= 15 is 4.39 Å². The summed E-state index contributed by atoms with van der Waals surface area (Å²) >= 11 is 6.52. The molecular weight excluding hydrogens is 531 g/mol. The van der Waals surface area contributed by atoms with Crippen molar-refractivity contribution < 1.29 is 27.1 Å². The van der Waals surface area contributed by atoms with Crippen LogP contribution in [0.3, 0.4) is 0 Å². The van der Waals surface area contributed by atoms with Crippen LogP contribution >= 0.6 is 11.6 Å². The van der Waals surface area contributed by atoms with E-state index in [1.165, 1.54) is 18.2 Å². The molecule has 0 radical (unpaired) electrons. The van der Waals surface area contributed by atoms with Crippen LogP contribution in [0, 0.1) is 19.7 Å². The van der Waals surface area contributed by atoms with Gasteiger partial charge in [-0.2, -0.15) is 4.31 Å². The molecule has 38 heavy (non-hydrogen) atoms. The summed E-state index contributed by atoms with van der Waals surface area (Å²) in [4.78, 5) is 15.5. The van der Waals surface area contributed by atoms with E-state index in [0.717, 1.165) is 9.87 Å². The smallest absolute Gasteiger partial charge is 0.325 e. The number of benzene rings is 2. The number of nitrogens with zero attached hydrogens (tertiary/aromatic N) is 2. The van der Waals surface area contributed by atoms with Crippen LogP contribution < -0.4 is 4.74 Å². The molecule has 2 aromatic carbocycles. The van der Waals surface area contributed by atoms with E-state index < -0.39 is 39.4 Å². The number of sulfonamides is 1. The Kier molecular flexibility index (Phi) is 8.88. The Morgan fingerprint density at radius 3 is 2.34 bits per heavy atom. The van der Waals surface area contributed by atoms with E-state index in [1.54, 1.807) is 40.7 Å². The van der Waals surface area contributed by atoms with Crippen LogP contribution in [0.5, 0.6) is 5.75 Å². The van der Waals surface area contributed by atoms with Gasteiger partial charge in [0.15, 0.2) is 0 Å². The van der Waals surface area contributed by atoms with E-state index in [1.807, 2.05) is 32.8 Å². The summed E-state index contributed by atoms with van der Waals surface area (Å²) in [5, 5.41) is 0.378. The largest absolute Gasteiger partial charge is 0.490 e. The second-order valence-corrected chi connectivity index (χ2v) is 13.3. The van der Waals surface area contributed by atoms with Crippen molar-refractivity contribution in [2.75, 3.05) is 27.2 Å². The Hall–Kier alpha value is -2.20. The van der Waals surface area contributed by atoms with Crippen LogP contribution in [0.15, 0.2) is 29.2 Å². The first-order chi connectivity index (χ1) is 17.5. The topological polar surface area (TPSA) is 76.2 Å². The summed E-state index contributed by atoms with van der Waals surface area (Å²) in [6, 6.07) is 4.33. The van der Waals surface area contributed by atoms with Gasteiger partial charge in [-0.05, 0) is 90.5 Å². The van der Waals surface area contributed by atoms with E-state index in [0.29, 0.717) is 16.1 Å². The minimum absolute atomic E-state index is 0.0268. The Morgan fingerprint density at radius 2 is 1.76 bits per heavy atom. The average Bonchev–Trinajstić information content (AvgIpc) is 2.91. The Balaban J connectivity index is 2.24. The summed E-state index contributed by atoms with van der Waals surface area (Å²) in [6.45, 7) is 12.1. The number of carbonyl (C=O) groups excluding carboxylic acids is 1. The van der Waals surface area contributed by atoms with Crippen molar-refractivity contribution in [3.8, 4) is 5.75 Å². The minimum Gasteiger partial charge on any atom is -0.490 e. The highest BCUT2D eigenvalue weighted by molar-refractivity contribution is 7.89. The molecule has 0 aromatic heterocycles. The SMILES string of the molecule is Cc1ccc(F)c(C(C)[C@@H](C(=O)OC(C)(C)C)N2CCOc3c(ccc(Cl)c3C(C)N(C)C)S2(=O)=O)c1C. The van der Waals surface area contributed by atoms with Gasteiger partial charge >= 0.3 is 5.97 Å². The zero-order chi connectivity index (χ0) is 28.7. The van der Waals surface area contributed by atoms with Crippen molar-refractivity contribution in [2.24, 2.45) is 0 Å². The molecule has 0 N–H and O–H groups in total. The van der Waals surface area contributed by atoms with Gasteiger partial charge in [0, 0.05) is 29.1 Å². The minimum atomic E-state index is -4.30. The van der Waals surface area contributed by atoms with E-state index in [4.69, 9.17) is 21.1 Å². The lowest BCUT2D eigenvalue weighted by atomic mass is 9.87. The molecule has 3 rings (SSSR count). The second kappa shape index (κ2) is 11.1. The maximum atomic E-state index is 15.2. The third-order valence-electron chi connectivity index (χ3n) is 7.06. The van der Waals surface area contributed by atoms with Crippen LogP contribution in [0.4, 0.5) is 4.39 Å². The van der Waals surface area contributed by atoms with E-state index in [9.17, 15) is 13.2 Å². The van der Waals surface area contributed by atoms with Crippen molar-refractivity contribution in [1.29, 1.82) is 0 Å². The Bertz CT molecular complexity index is 1320. The van der Waals surface area contributed by atoms with Crippen molar-refractivity contribution >= 4 is 27.6 Å². The number of hydrogen-bond acceptors (Lipinski definition) is 6. The molecule has 2 aromatic rings. The fourth-order valence-electron chi connectivity index (χ4n) is 4.78. The number of carbonyl (C=O) groups is 1. The third kappa shape index (κ3) is 5.86. The zero-order valence-corrected chi connectivity index (χ0v) is 25.1. The van der Waals surface area contributed by atoms with Crippen molar-refractivity contribution in [1.82, 2.24) is 9.21 Å². The lowest BCUT2D eigenvalue weighted by molar-refractivity contribution is -0.160. The molecule has 210 valence electrons. The molecule has 7 nitrogen and oxygen atoms in total. The molecule has 2 unspecified atom stereocenters. The molecule has 0 saturated heterocycles. The summed E-state index contributed by atoms with van der Waals surface area (Å²) in [7, 11) is -0.583.